The summed E-state index contributed by atoms with van der Waals surface area (Å²) in [5.74, 6) is 1.83. The number of nitrogens with zero attached hydrogens (tertiary/aromatic N) is 2. The van der Waals surface area contributed by atoms with E-state index in [1.807, 2.05) is 0 Å². The predicted octanol–water partition coefficient (Wildman–Crippen LogP) is 3.12. The van der Waals surface area contributed by atoms with Gasteiger partial charge in [-0.3, -0.25) is 0 Å². The summed E-state index contributed by atoms with van der Waals surface area (Å²) in [7, 11) is 0. The Morgan fingerprint density at radius 1 is 1.27 bits per heavy atom. The van der Waals surface area contributed by atoms with E-state index in [4.69, 9.17) is 9.26 Å². The van der Waals surface area contributed by atoms with Crippen molar-refractivity contribution >= 4 is 0 Å². The van der Waals surface area contributed by atoms with Crippen molar-refractivity contribution in [3.05, 3.63) is 47.1 Å². The van der Waals surface area contributed by atoms with Gasteiger partial charge in [0.05, 0.1) is 6.54 Å². The van der Waals surface area contributed by atoms with Gasteiger partial charge in [-0.1, -0.05) is 29.4 Å². The summed E-state index contributed by atoms with van der Waals surface area (Å²) in [6.45, 7) is 6.46. The normalized spacial score (nSPS) is 17.5. The molecule has 1 atom stereocenters. The lowest BCUT2D eigenvalue weighted by molar-refractivity contribution is 0.0778. The van der Waals surface area contributed by atoms with Crippen LogP contribution >= 0.6 is 0 Å². The molecule has 0 saturated carbocycles. The Bertz CT molecular complexity index is 605. The van der Waals surface area contributed by atoms with E-state index in [2.05, 4.69) is 53.6 Å². The lowest BCUT2D eigenvalue weighted by Crippen LogP contribution is -2.19. The molecule has 1 aliphatic heterocycles. The average molecular weight is 301 g/mol. The van der Waals surface area contributed by atoms with Gasteiger partial charge in [-0.25, -0.2) is 0 Å². The number of benzene rings is 1. The van der Waals surface area contributed by atoms with Crippen molar-refractivity contribution in [2.45, 2.75) is 45.2 Å². The Morgan fingerprint density at radius 3 is 2.82 bits per heavy atom. The molecule has 2 aromatic rings. The van der Waals surface area contributed by atoms with Crippen LogP contribution in [0.5, 0.6) is 0 Å². The molecule has 1 aromatic heterocycles. The summed E-state index contributed by atoms with van der Waals surface area (Å²) in [5, 5.41) is 7.55. The summed E-state index contributed by atoms with van der Waals surface area (Å²) in [5.41, 5.74) is 2.59. The van der Waals surface area contributed by atoms with Crippen LogP contribution in [0.2, 0.25) is 0 Å². The van der Waals surface area contributed by atoms with Crippen LogP contribution < -0.4 is 5.32 Å². The van der Waals surface area contributed by atoms with Crippen molar-refractivity contribution in [1.29, 1.82) is 0 Å². The zero-order valence-corrected chi connectivity index (χ0v) is 13.2. The first-order chi connectivity index (χ1) is 10.7. The molecule has 1 fully saturated rings. The van der Waals surface area contributed by atoms with Crippen LogP contribution in [0.3, 0.4) is 0 Å². The second-order valence-corrected chi connectivity index (χ2v) is 5.89. The molecular weight excluding hydrogens is 278 g/mol. The molecule has 0 radical (unpaired) electrons. The molecule has 1 aromatic carbocycles. The quantitative estimate of drug-likeness (QED) is 0.919. The predicted molar refractivity (Wildman–Crippen MR) is 83.5 cm³/mol. The molecule has 3 rings (SSSR count). The standard InChI is InChI=1S/C17H23N3O2/c1-12-5-3-4-6-15(12)13(2)18-11-16-19-17(22-20-16)14-7-9-21-10-8-14/h3-6,13-14,18H,7-11H2,1-2H3. The molecule has 1 unspecified atom stereocenters. The van der Waals surface area contributed by atoms with E-state index in [0.717, 1.165) is 37.8 Å². The molecule has 1 N–H and O–H groups in total. The third-order valence-corrected chi connectivity index (χ3v) is 4.28. The topological polar surface area (TPSA) is 60.2 Å². The molecule has 0 bridgehead atoms. The summed E-state index contributed by atoms with van der Waals surface area (Å²) < 4.78 is 10.8. The van der Waals surface area contributed by atoms with E-state index < -0.39 is 0 Å². The van der Waals surface area contributed by atoms with Crippen LogP contribution in [0, 0.1) is 6.92 Å². The van der Waals surface area contributed by atoms with Gasteiger partial charge in [-0.2, -0.15) is 4.98 Å². The molecule has 5 heteroatoms. The fraction of sp³-hybridized carbons (Fsp3) is 0.529. The minimum atomic E-state index is 0.256. The van der Waals surface area contributed by atoms with Gasteiger partial charge in [0.15, 0.2) is 5.82 Å². The lowest BCUT2D eigenvalue weighted by Gasteiger charge is -2.18. The molecule has 0 spiro atoms. The van der Waals surface area contributed by atoms with E-state index in [0.29, 0.717) is 12.5 Å². The SMILES string of the molecule is Cc1ccccc1C(C)NCc1noc(C2CCOCC2)n1. The summed E-state index contributed by atoms with van der Waals surface area (Å²) in [6.07, 6.45) is 1.93. The van der Waals surface area contributed by atoms with Crippen LogP contribution in [0.15, 0.2) is 28.8 Å². The number of hydrogen-bond donors (Lipinski definition) is 1. The maximum Gasteiger partial charge on any atom is 0.229 e. The third-order valence-electron chi connectivity index (χ3n) is 4.28. The highest BCUT2D eigenvalue weighted by Gasteiger charge is 2.22. The largest absolute Gasteiger partial charge is 0.381 e. The third kappa shape index (κ3) is 3.54. The molecule has 2 heterocycles. The highest BCUT2D eigenvalue weighted by Crippen LogP contribution is 2.25. The highest BCUT2D eigenvalue weighted by atomic mass is 16.5. The van der Waals surface area contributed by atoms with Gasteiger partial charge in [-0.15, -0.1) is 0 Å². The van der Waals surface area contributed by atoms with Crippen molar-refractivity contribution in [2.24, 2.45) is 0 Å². The first kappa shape index (κ1) is 15.2. The summed E-state index contributed by atoms with van der Waals surface area (Å²) in [6, 6.07) is 8.66. The number of aromatic nitrogens is 2. The van der Waals surface area contributed by atoms with Crippen molar-refractivity contribution < 1.29 is 9.26 Å². The second-order valence-electron chi connectivity index (χ2n) is 5.89. The first-order valence-electron chi connectivity index (χ1n) is 7.93. The molecular formula is C17H23N3O2. The van der Waals surface area contributed by atoms with Crippen LogP contribution in [0.1, 0.15) is 54.6 Å². The van der Waals surface area contributed by atoms with Gasteiger partial charge in [0.2, 0.25) is 5.89 Å². The molecule has 0 amide bonds. The van der Waals surface area contributed by atoms with Crippen LogP contribution in [0.25, 0.3) is 0 Å². The molecule has 1 saturated heterocycles. The molecule has 22 heavy (non-hydrogen) atoms. The molecule has 5 nitrogen and oxygen atoms in total. The van der Waals surface area contributed by atoms with Gasteiger partial charge in [-0.05, 0) is 37.8 Å². The number of ether oxygens (including phenoxy) is 1. The van der Waals surface area contributed by atoms with E-state index in [-0.39, 0.29) is 6.04 Å². The molecule has 0 aliphatic carbocycles. The van der Waals surface area contributed by atoms with Gasteiger partial charge in [0.1, 0.15) is 0 Å². The minimum Gasteiger partial charge on any atom is -0.381 e. The van der Waals surface area contributed by atoms with Crippen LogP contribution in [-0.4, -0.2) is 23.4 Å². The summed E-state index contributed by atoms with van der Waals surface area (Å²) >= 11 is 0. The number of rotatable bonds is 5. The van der Waals surface area contributed by atoms with Crippen molar-refractivity contribution in [3.8, 4) is 0 Å². The Labute approximate surface area is 131 Å². The van der Waals surface area contributed by atoms with E-state index in [9.17, 15) is 0 Å². The Kier molecular flexibility index (Phi) is 4.85. The highest BCUT2D eigenvalue weighted by molar-refractivity contribution is 5.28. The zero-order valence-electron chi connectivity index (χ0n) is 13.2. The number of hydrogen-bond acceptors (Lipinski definition) is 5. The van der Waals surface area contributed by atoms with E-state index in [1.165, 1.54) is 11.1 Å². The first-order valence-corrected chi connectivity index (χ1v) is 7.93. The monoisotopic (exact) mass is 301 g/mol. The Morgan fingerprint density at radius 2 is 2.05 bits per heavy atom. The van der Waals surface area contributed by atoms with Gasteiger partial charge in [0.25, 0.3) is 0 Å². The lowest BCUT2D eigenvalue weighted by atomic mass is 10.0. The Balaban J connectivity index is 1.57. The Hall–Kier alpha value is -1.72. The maximum atomic E-state index is 5.41. The fourth-order valence-corrected chi connectivity index (χ4v) is 2.88. The van der Waals surface area contributed by atoms with E-state index in [1.54, 1.807) is 0 Å². The maximum absolute atomic E-state index is 5.41. The zero-order chi connectivity index (χ0) is 15.4. The van der Waals surface area contributed by atoms with Crippen molar-refractivity contribution in [3.63, 3.8) is 0 Å². The van der Waals surface area contributed by atoms with Crippen LogP contribution in [0.4, 0.5) is 0 Å². The summed E-state index contributed by atoms with van der Waals surface area (Å²) in [4.78, 5) is 4.53. The van der Waals surface area contributed by atoms with Gasteiger partial charge in [0, 0.05) is 25.2 Å². The smallest absolute Gasteiger partial charge is 0.229 e. The molecule has 118 valence electrons. The van der Waals surface area contributed by atoms with Crippen LogP contribution in [-0.2, 0) is 11.3 Å². The average Bonchev–Trinajstić information content (AvgIpc) is 3.03. The fourth-order valence-electron chi connectivity index (χ4n) is 2.88. The van der Waals surface area contributed by atoms with Gasteiger partial charge < -0.3 is 14.6 Å². The van der Waals surface area contributed by atoms with Gasteiger partial charge >= 0.3 is 0 Å². The van der Waals surface area contributed by atoms with Crippen molar-refractivity contribution in [1.82, 2.24) is 15.5 Å². The van der Waals surface area contributed by atoms with Crippen molar-refractivity contribution in [2.75, 3.05) is 13.2 Å². The second kappa shape index (κ2) is 7.03. The minimum absolute atomic E-state index is 0.256. The number of aryl methyl sites for hydroxylation is 1. The van der Waals surface area contributed by atoms with E-state index >= 15 is 0 Å². The molecule has 1 aliphatic rings. The number of nitrogens with one attached hydrogen (secondary N) is 1.